The molecule has 0 saturated carbocycles. The molecule has 3 aromatic heterocycles. The summed E-state index contributed by atoms with van der Waals surface area (Å²) in [4.78, 5) is 22.8. The van der Waals surface area contributed by atoms with Crippen LogP contribution in [0.25, 0.3) is 22.4 Å². The Kier molecular flexibility index (Phi) is 4.30. The van der Waals surface area contributed by atoms with Crippen molar-refractivity contribution in [1.82, 2.24) is 20.1 Å². The lowest BCUT2D eigenvalue weighted by Crippen LogP contribution is -2.14. The molecule has 4 rings (SSSR count). The second kappa shape index (κ2) is 6.80. The summed E-state index contributed by atoms with van der Waals surface area (Å²) in [6, 6.07) is 9.75. The highest BCUT2D eigenvalue weighted by molar-refractivity contribution is 5.95. The van der Waals surface area contributed by atoms with Crippen molar-refractivity contribution >= 4 is 22.6 Å². The summed E-state index contributed by atoms with van der Waals surface area (Å²) in [5.41, 5.74) is 2.34. The minimum atomic E-state index is -4.70. The van der Waals surface area contributed by atoms with Crippen molar-refractivity contribution in [2.45, 2.75) is 12.6 Å². The number of aromatic nitrogens is 4. The summed E-state index contributed by atoms with van der Waals surface area (Å²) in [6.07, 6.45) is -1.16. The van der Waals surface area contributed by atoms with Crippen molar-refractivity contribution in [2.75, 3.05) is 5.32 Å². The average molecular weight is 387 g/mol. The molecule has 0 aliphatic heterocycles. The lowest BCUT2D eigenvalue weighted by Gasteiger charge is -2.05. The van der Waals surface area contributed by atoms with Gasteiger partial charge in [0.1, 0.15) is 5.65 Å². The number of aromatic amines is 1. The van der Waals surface area contributed by atoms with Gasteiger partial charge in [-0.15, -0.1) is 0 Å². The van der Waals surface area contributed by atoms with Gasteiger partial charge in [0.15, 0.2) is 0 Å². The predicted octanol–water partition coefficient (Wildman–Crippen LogP) is 3.81. The van der Waals surface area contributed by atoms with E-state index < -0.39 is 12.1 Å². The van der Waals surface area contributed by atoms with Crippen LogP contribution in [0.2, 0.25) is 0 Å². The van der Waals surface area contributed by atoms with E-state index in [2.05, 4.69) is 29.9 Å². The first-order chi connectivity index (χ1) is 13.4. The maximum atomic E-state index is 12.5. The Hall–Kier alpha value is -3.69. The molecule has 0 radical (unpaired) electrons. The Morgan fingerprint density at radius 2 is 1.96 bits per heavy atom. The number of amides is 1. The van der Waals surface area contributed by atoms with Gasteiger partial charge in [-0.3, -0.25) is 4.79 Å². The number of hydrogen-bond donors (Lipinski definition) is 2. The van der Waals surface area contributed by atoms with Gasteiger partial charge in [0.05, 0.1) is 6.42 Å². The summed E-state index contributed by atoms with van der Waals surface area (Å²) >= 11 is 0. The molecule has 0 aliphatic rings. The van der Waals surface area contributed by atoms with Crippen molar-refractivity contribution in [3.63, 3.8) is 0 Å². The van der Waals surface area contributed by atoms with E-state index in [0.29, 0.717) is 16.9 Å². The van der Waals surface area contributed by atoms with Crippen LogP contribution >= 0.6 is 0 Å². The SMILES string of the molecule is O=C(Cc1c[nH]c2ncccc12)Nc1ccc(-c2noc(C(F)(F)F)n2)cc1. The zero-order valence-electron chi connectivity index (χ0n) is 14.1. The van der Waals surface area contributed by atoms with Crippen LogP contribution in [0.5, 0.6) is 0 Å². The van der Waals surface area contributed by atoms with Gasteiger partial charge in [-0.1, -0.05) is 5.16 Å². The molecule has 0 aliphatic carbocycles. The Morgan fingerprint density at radius 3 is 2.68 bits per heavy atom. The number of pyridine rings is 1. The summed E-state index contributed by atoms with van der Waals surface area (Å²) in [6.45, 7) is 0. The standard InChI is InChI=1S/C18H12F3N5O2/c19-18(20,21)17-25-15(26-28-17)10-3-5-12(6-4-10)24-14(27)8-11-9-23-16-13(11)2-1-7-22-16/h1-7,9H,8H2,(H,22,23)(H,24,27). The summed E-state index contributed by atoms with van der Waals surface area (Å²) in [5.74, 6) is -1.83. The number of alkyl halides is 3. The minimum Gasteiger partial charge on any atom is -0.346 e. The molecule has 0 fully saturated rings. The summed E-state index contributed by atoms with van der Waals surface area (Å²) in [7, 11) is 0. The lowest BCUT2D eigenvalue weighted by atomic mass is 10.1. The van der Waals surface area contributed by atoms with Crippen molar-refractivity contribution < 1.29 is 22.5 Å². The van der Waals surface area contributed by atoms with Gasteiger partial charge in [-0.05, 0) is 42.0 Å². The molecule has 4 aromatic rings. The highest BCUT2D eigenvalue weighted by Crippen LogP contribution is 2.29. The van der Waals surface area contributed by atoms with E-state index in [0.717, 1.165) is 10.9 Å². The van der Waals surface area contributed by atoms with Crippen LogP contribution in [0.1, 0.15) is 11.5 Å². The zero-order valence-corrected chi connectivity index (χ0v) is 14.1. The predicted molar refractivity (Wildman–Crippen MR) is 93.2 cm³/mol. The number of anilines is 1. The topological polar surface area (TPSA) is 96.7 Å². The highest BCUT2D eigenvalue weighted by Gasteiger charge is 2.38. The fourth-order valence-electron chi connectivity index (χ4n) is 2.70. The van der Waals surface area contributed by atoms with E-state index in [-0.39, 0.29) is 18.2 Å². The van der Waals surface area contributed by atoms with Gasteiger partial charge in [-0.25, -0.2) is 4.98 Å². The third kappa shape index (κ3) is 3.56. The molecule has 0 saturated heterocycles. The van der Waals surface area contributed by atoms with Crippen molar-refractivity contribution in [3.05, 3.63) is 60.2 Å². The fraction of sp³-hybridized carbons (Fsp3) is 0.111. The second-order valence-corrected chi connectivity index (χ2v) is 5.94. The molecule has 10 heteroatoms. The lowest BCUT2D eigenvalue weighted by molar-refractivity contribution is -0.159. The normalized spacial score (nSPS) is 11.7. The second-order valence-electron chi connectivity index (χ2n) is 5.94. The Morgan fingerprint density at radius 1 is 1.18 bits per heavy atom. The first-order valence-electron chi connectivity index (χ1n) is 8.12. The van der Waals surface area contributed by atoms with E-state index in [9.17, 15) is 18.0 Å². The maximum absolute atomic E-state index is 12.5. The molecule has 3 heterocycles. The molecule has 0 unspecified atom stereocenters. The minimum absolute atomic E-state index is 0.146. The molecule has 0 bridgehead atoms. The van der Waals surface area contributed by atoms with Crippen LogP contribution < -0.4 is 5.32 Å². The molecule has 7 nitrogen and oxygen atoms in total. The Bertz CT molecular complexity index is 1130. The van der Waals surface area contributed by atoms with Gasteiger partial charge in [0.2, 0.25) is 11.7 Å². The third-order valence-corrected chi connectivity index (χ3v) is 3.98. The van der Waals surface area contributed by atoms with Crippen LogP contribution in [0.15, 0.2) is 53.3 Å². The van der Waals surface area contributed by atoms with E-state index in [1.807, 2.05) is 6.07 Å². The van der Waals surface area contributed by atoms with Gasteiger partial charge >= 0.3 is 12.1 Å². The summed E-state index contributed by atoms with van der Waals surface area (Å²) in [5, 5.41) is 6.92. The first kappa shape index (κ1) is 17.7. The van der Waals surface area contributed by atoms with Crippen LogP contribution in [-0.4, -0.2) is 26.0 Å². The van der Waals surface area contributed by atoms with Crippen molar-refractivity contribution in [2.24, 2.45) is 0 Å². The molecule has 1 amide bonds. The van der Waals surface area contributed by atoms with Gasteiger partial charge in [-0.2, -0.15) is 18.2 Å². The molecule has 0 spiro atoms. The number of hydrogen-bond acceptors (Lipinski definition) is 5. The van der Waals surface area contributed by atoms with E-state index in [4.69, 9.17) is 0 Å². The van der Waals surface area contributed by atoms with E-state index >= 15 is 0 Å². The third-order valence-electron chi connectivity index (χ3n) is 3.98. The number of rotatable bonds is 4. The quantitative estimate of drug-likeness (QED) is 0.555. The Labute approximate surface area is 155 Å². The van der Waals surface area contributed by atoms with E-state index in [1.54, 1.807) is 30.6 Å². The zero-order chi connectivity index (χ0) is 19.7. The van der Waals surface area contributed by atoms with Crippen LogP contribution in [0.4, 0.5) is 18.9 Å². The molecule has 0 atom stereocenters. The summed E-state index contributed by atoms with van der Waals surface area (Å²) < 4.78 is 41.8. The molecular formula is C18H12F3N5O2. The Balaban J connectivity index is 1.44. The van der Waals surface area contributed by atoms with Gasteiger partial charge in [0, 0.05) is 29.0 Å². The average Bonchev–Trinajstić information content (AvgIpc) is 3.30. The van der Waals surface area contributed by atoms with Gasteiger partial charge in [0.25, 0.3) is 0 Å². The molecular weight excluding hydrogens is 375 g/mol. The monoisotopic (exact) mass is 387 g/mol. The number of halogens is 3. The smallest absolute Gasteiger partial charge is 0.346 e. The number of carbonyl (C=O) groups excluding carboxylic acids is 1. The van der Waals surface area contributed by atoms with E-state index in [1.165, 1.54) is 12.1 Å². The number of nitrogens with one attached hydrogen (secondary N) is 2. The highest BCUT2D eigenvalue weighted by atomic mass is 19.4. The molecule has 1 aromatic carbocycles. The largest absolute Gasteiger partial charge is 0.471 e. The molecule has 2 N–H and O–H groups in total. The maximum Gasteiger partial charge on any atom is 0.471 e. The number of nitrogens with zero attached hydrogens (tertiary/aromatic N) is 3. The van der Waals surface area contributed by atoms with Crippen LogP contribution in [0.3, 0.4) is 0 Å². The number of H-pyrrole nitrogens is 1. The molecule has 28 heavy (non-hydrogen) atoms. The fourth-order valence-corrected chi connectivity index (χ4v) is 2.70. The van der Waals surface area contributed by atoms with Crippen LogP contribution in [0, 0.1) is 0 Å². The number of fused-ring (bicyclic) bond motifs is 1. The number of benzene rings is 1. The van der Waals surface area contributed by atoms with Crippen molar-refractivity contribution in [3.8, 4) is 11.4 Å². The number of carbonyl (C=O) groups is 1. The van der Waals surface area contributed by atoms with Crippen LogP contribution in [-0.2, 0) is 17.4 Å². The van der Waals surface area contributed by atoms with Gasteiger partial charge < -0.3 is 14.8 Å². The first-order valence-corrected chi connectivity index (χ1v) is 8.12. The molecule has 142 valence electrons. The van der Waals surface area contributed by atoms with Crippen molar-refractivity contribution in [1.29, 1.82) is 0 Å².